The molecule has 122 valence electrons. The van der Waals surface area contributed by atoms with Crippen LogP contribution in [-0.4, -0.2) is 67.6 Å². The first-order chi connectivity index (χ1) is 10.1. The minimum atomic E-state index is -1.68. The zero-order chi connectivity index (χ0) is 16.2. The molecule has 2 aliphatic carbocycles. The number of fused-ring (bicyclic) bond motifs is 2. The first-order valence-electron chi connectivity index (χ1n) is 7.45. The fourth-order valence-corrected chi connectivity index (χ4v) is 4.89. The molecule has 4 N–H and O–H groups in total. The summed E-state index contributed by atoms with van der Waals surface area (Å²) >= 11 is 0. The summed E-state index contributed by atoms with van der Waals surface area (Å²) in [6.45, 7) is 6.59. The Morgan fingerprint density at radius 1 is 1.27 bits per heavy atom. The van der Waals surface area contributed by atoms with Crippen molar-refractivity contribution in [2.45, 2.75) is 61.5 Å². The van der Waals surface area contributed by atoms with Crippen LogP contribution in [0.1, 0.15) is 20.3 Å². The summed E-state index contributed by atoms with van der Waals surface area (Å²) in [5.41, 5.74) is -4.41. The summed E-state index contributed by atoms with van der Waals surface area (Å²) in [6.07, 6.45) is -3.93. The standard InChI is InChI=1S/C15H20O7/c1-5-6-4-7(16)14(3,20)15-9(8(6)21-12(5)18)13(2,19)10(17)11(15)22-15/h6-11,16-17,19-20H,1,4H2,2-3H3/t6-,7-,8+,9+,10+,11-,13+,14-,15+/m1/s1. The summed E-state index contributed by atoms with van der Waals surface area (Å²) in [4.78, 5) is 11.9. The van der Waals surface area contributed by atoms with Gasteiger partial charge in [0.05, 0.1) is 17.6 Å². The van der Waals surface area contributed by atoms with E-state index in [1.165, 1.54) is 13.8 Å². The molecule has 7 heteroatoms. The van der Waals surface area contributed by atoms with Crippen molar-refractivity contribution < 1.29 is 34.7 Å². The Labute approximate surface area is 127 Å². The van der Waals surface area contributed by atoms with Crippen LogP contribution in [0.5, 0.6) is 0 Å². The van der Waals surface area contributed by atoms with Gasteiger partial charge in [0.25, 0.3) is 0 Å². The lowest BCUT2D eigenvalue weighted by atomic mass is 9.72. The molecule has 4 fully saturated rings. The predicted molar refractivity (Wildman–Crippen MR) is 71.5 cm³/mol. The van der Waals surface area contributed by atoms with E-state index in [9.17, 15) is 25.2 Å². The van der Waals surface area contributed by atoms with Crippen LogP contribution in [0.3, 0.4) is 0 Å². The summed E-state index contributed by atoms with van der Waals surface area (Å²) in [6, 6.07) is 0. The Morgan fingerprint density at radius 3 is 2.55 bits per heavy atom. The Balaban J connectivity index is 1.90. The lowest BCUT2D eigenvalue weighted by Crippen LogP contribution is -2.59. The fourth-order valence-electron chi connectivity index (χ4n) is 4.89. The number of aliphatic hydroxyl groups is 4. The molecule has 4 aliphatic rings. The minimum absolute atomic E-state index is 0.0861. The molecular weight excluding hydrogens is 292 g/mol. The number of rotatable bonds is 0. The van der Waals surface area contributed by atoms with Crippen molar-refractivity contribution in [3.63, 3.8) is 0 Å². The quantitative estimate of drug-likeness (QED) is 0.243. The van der Waals surface area contributed by atoms with E-state index in [1.54, 1.807) is 0 Å². The third kappa shape index (κ3) is 1.29. The van der Waals surface area contributed by atoms with E-state index in [0.717, 1.165) is 0 Å². The van der Waals surface area contributed by atoms with E-state index < -0.39 is 59.0 Å². The molecule has 9 atom stereocenters. The highest BCUT2D eigenvalue weighted by Gasteiger charge is 2.87. The third-order valence-electron chi connectivity index (χ3n) is 6.26. The van der Waals surface area contributed by atoms with Gasteiger partial charge in [-0.05, 0) is 20.3 Å². The molecule has 2 saturated carbocycles. The average molecular weight is 312 g/mol. The summed E-state index contributed by atoms with van der Waals surface area (Å²) < 4.78 is 11.0. The second kappa shape index (κ2) is 3.73. The van der Waals surface area contributed by atoms with Crippen LogP contribution >= 0.6 is 0 Å². The van der Waals surface area contributed by atoms with Crippen LogP contribution in [0.2, 0.25) is 0 Å². The highest BCUT2D eigenvalue weighted by atomic mass is 16.7. The first kappa shape index (κ1) is 14.6. The van der Waals surface area contributed by atoms with Crippen molar-refractivity contribution in [3.8, 4) is 0 Å². The van der Waals surface area contributed by atoms with Gasteiger partial charge in [-0.2, -0.15) is 0 Å². The van der Waals surface area contributed by atoms with Crippen LogP contribution in [0.15, 0.2) is 12.2 Å². The Kier molecular flexibility index (Phi) is 2.48. The summed E-state index contributed by atoms with van der Waals surface area (Å²) in [7, 11) is 0. The zero-order valence-corrected chi connectivity index (χ0v) is 12.4. The van der Waals surface area contributed by atoms with Crippen molar-refractivity contribution >= 4 is 5.97 Å². The number of carbonyl (C=O) groups excluding carboxylic acids is 1. The maximum Gasteiger partial charge on any atom is 0.334 e. The Bertz CT molecular complexity index is 582. The molecule has 0 radical (unpaired) electrons. The van der Waals surface area contributed by atoms with Gasteiger partial charge in [0.2, 0.25) is 0 Å². The van der Waals surface area contributed by atoms with E-state index >= 15 is 0 Å². The molecule has 4 rings (SSSR count). The molecule has 0 aromatic heterocycles. The molecule has 2 aliphatic heterocycles. The second-order valence-electron chi connectivity index (χ2n) is 7.38. The van der Waals surface area contributed by atoms with E-state index in [-0.39, 0.29) is 12.0 Å². The van der Waals surface area contributed by atoms with Gasteiger partial charge in [0.15, 0.2) is 0 Å². The largest absolute Gasteiger partial charge is 0.458 e. The molecule has 2 heterocycles. The molecule has 22 heavy (non-hydrogen) atoms. The Morgan fingerprint density at radius 2 is 1.91 bits per heavy atom. The smallest absolute Gasteiger partial charge is 0.334 e. The molecular formula is C15H20O7. The van der Waals surface area contributed by atoms with Crippen molar-refractivity contribution in [3.05, 3.63) is 12.2 Å². The van der Waals surface area contributed by atoms with Crippen molar-refractivity contribution in [1.29, 1.82) is 0 Å². The molecule has 0 aromatic carbocycles. The van der Waals surface area contributed by atoms with Crippen LogP contribution in [0, 0.1) is 11.8 Å². The van der Waals surface area contributed by atoms with Crippen LogP contribution in [0.4, 0.5) is 0 Å². The number of hydrogen-bond donors (Lipinski definition) is 4. The predicted octanol–water partition coefficient (Wildman–Crippen LogP) is -1.52. The topological polar surface area (TPSA) is 120 Å². The summed E-state index contributed by atoms with van der Waals surface area (Å²) in [5.74, 6) is -1.95. The van der Waals surface area contributed by atoms with Crippen molar-refractivity contribution in [1.82, 2.24) is 0 Å². The average Bonchev–Trinajstić information content (AvgIpc) is 3.07. The normalized spacial score (nSPS) is 62.8. The maximum atomic E-state index is 11.9. The highest BCUT2D eigenvalue weighted by molar-refractivity contribution is 5.91. The number of esters is 1. The van der Waals surface area contributed by atoms with Gasteiger partial charge in [-0.1, -0.05) is 6.58 Å². The SMILES string of the molecule is C=C1C(=O)O[C@H]2[C@@H]1C[C@@H](O)[C@@](C)(O)[C@@]13O[C@@H]1[C@H](O)[C@@](C)(O)[C@H]23. The fraction of sp³-hybridized carbons (Fsp3) is 0.800. The molecule has 0 aromatic rings. The number of epoxide rings is 1. The zero-order valence-electron chi connectivity index (χ0n) is 12.4. The number of hydrogen-bond acceptors (Lipinski definition) is 7. The van der Waals surface area contributed by atoms with E-state index in [2.05, 4.69) is 6.58 Å². The lowest BCUT2D eigenvalue weighted by Gasteiger charge is -2.41. The molecule has 2 saturated heterocycles. The van der Waals surface area contributed by atoms with Gasteiger partial charge in [-0.15, -0.1) is 0 Å². The van der Waals surface area contributed by atoms with Gasteiger partial charge in [-0.25, -0.2) is 4.79 Å². The lowest BCUT2D eigenvalue weighted by molar-refractivity contribution is -0.187. The highest BCUT2D eigenvalue weighted by Crippen LogP contribution is 2.68. The van der Waals surface area contributed by atoms with Gasteiger partial charge in [-0.3, -0.25) is 0 Å². The van der Waals surface area contributed by atoms with Gasteiger partial charge in [0, 0.05) is 11.5 Å². The number of aliphatic hydroxyl groups excluding tert-OH is 2. The number of carbonyl (C=O) groups is 1. The van der Waals surface area contributed by atoms with Crippen molar-refractivity contribution in [2.24, 2.45) is 11.8 Å². The van der Waals surface area contributed by atoms with Crippen LogP contribution in [0.25, 0.3) is 0 Å². The molecule has 0 amide bonds. The van der Waals surface area contributed by atoms with Gasteiger partial charge < -0.3 is 29.9 Å². The molecule has 7 nitrogen and oxygen atoms in total. The maximum absolute atomic E-state index is 11.9. The third-order valence-corrected chi connectivity index (χ3v) is 6.26. The van der Waals surface area contributed by atoms with Crippen LogP contribution in [-0.2, 0) is 14.3 Å². The van der Waals surface area contributed by atoms with Crippen molar-refractivity contribution in [2.75, 3.05) is 0 Å². The van der Waals surface area contributed by atoms with Crippen LogP contribution < -0.4 is 0 Å². The monoisotopic (exact) mass is 312 g/mol. The molecule has 0 bridgehead atoms. The van der Waals surface area contributed by atoms with E-state index in [0.29, 0.717) is 0 Å². The van der Waals surface area contributed by atoms with Gasteiger partial charge in [0.1, 0.15) is 29.5 Å². The van der Waals surface area contributed by atoms with E-state index in [4.69, 9.17) is 9.47 Å². The summed E-state index contributed by atoms with van der Waals surface area (Å²) in [5, 5.41) is 42.4. The van der Waals surface area contributed by atoms with E-state index in [1.807, 2.05) is 0 Å². The van der Waals surface area contributed by atoms with Gasteiger partial charge >= 0.3 is 5.97 Å². The number of ether oxygens (including phenoxy) is 2. The minimum Gasteiger partial charge on any atom is -0.458 e. The molecule has 1 spiro atoms. The Hall–Kier alpha value is -0.990. The first-order valence-corrected chi connectivity index (χ1v) is 7.45. The molecule has 0 unspecified atom stereocenters. The second-order valence-corrected chi connectivity index (χ2v) is 7.38.